The number of hydrogen-bond donors (Lipinski definition) is 5. The summed E-state index contributed by atoms with van der Waals surface area (Å²) in [6, 6.07) is 19.9. The lowest BCUT2D eigenvalue weighted by Crippen LogP contribution is -2.28. The van der Waals surface area contributed by atoms with Gasteiger partial charge in [0.05, 0.1) is 19.3 Å². The van der Waals surface area contributed by atoms with Crippen LogP contribution in [0.3, 0.4) is 0 Å². The Kier molecular flexibility index (Phi) is 11.6. The maximum absolute atomic E-state index is 12.9. The Hall–Kier alpha value is -3.59. The molecule has 0 aliphatic heterocycles. The highest BCUT2D eigenvalue weighted by Gasteiger charge is 2.23. The quantitative estimate of drug-likeness (QED) is 0.138. The van der Waals surface area contributed by atoms with Crippen LogP contribution in [0.4, 0.5) is 0 Å². The minimum Gasteiger partial charge on any atom is -0.504 e. The number of ether oxygens (including phenoxy) is 2. The van der Waals surface area contributed by atoms with Crippen molar-refractivity contribution in [2.75, 3.05) is 20.4 Å². The number of carbonyl (C=O) groups is 1. The number of phenolic OH excluding ortho intramolecular Hbond substituents is 2. The fourth-order valence-electron chi connectivity index (χ4n) is 4.42. The van der Waals surface area contributed by atoms with Crippen LogP contribution in [0.1, 0.15) is 36.5 Å². The van der Waals surface area contributed by atoms with Crippen LogP contribution in [0, 0.1) is 5.92 Å². The summed E-state index contributed by atoms with van der Waals surface area (Å²) in [6.45, 7) is 2.15. The number of aromatic hydroxyl groups is 2. The van der Waals surface area contributed by atoms with Crippen molar-refractivity contribution in [1.82, 2.24) is 5.32 Å². The van der Waals surface area contributed by atoms with Crippen LogP contribution in [0.15, 0.2) is 66.7 Å². The molecule has 0 bridgehead atoms. The molecule has 39 heavy (non-hydrogen) atoms. The number of aliphatic hydroxyl groups excluding tert-OH is 2. The third kappa shape index (κ3) is 9.90. The molecule has 0 radical (unpaired) electrons. The predicted octanol–water partition coefficient (Wildman–Crippen LogP) is 3.77. The number of aryl methyl sites for hydroxylation is 1. The fourth-order valence-corrected chi connectivity index (χ4v) is 4.42. The Morgan fingerprint density at radius 1 is 0.872 bits per heavy atom. The summed E-state index contributed by atoms with van der Waals surface area (Å²) in [4.78, 5) is 12.9. The van der Waals surface area contributed by atoms with Crippen molar-refractivity contribution in [2.24, 2.45) is 5.92 Å². The first-order valence-corrected chi connectivity index (χ1v) is 13.2. The summed E-state index contributed by atoms with van der Waals surface area (Å²) in [5, 5.41) is 43.4. The molecule has 3 aromatic carbocycles. The number of hydrogen-bond acceptors (Lipinski definition) is 8. The van der Waals surface area contributed by atoms with Gasteiger partial charge in [0.2, 0.25) is 0 Å². The second kappa shape index (κ2) is 15.1. The topological polar surface area (TPSA) is 128 Å². The van der Waals surface area contributed by atoms with Crippen LogP contribution in [-0.4, -0.2) is 58.8 Å². The van der Waals surface area contributed by atoms with Gasteiger partial charge in [-0.25, -0.2) is 0 Å². The fraction of sp³-hybridized carbons (Fsp3) is 0.387. The van der Waals surface area contributed by atoms with Gasteiger partial charge in [-0.1, -0.05) is 42.5 Å². The summed E-state index contributed by atoms with van der Waals surface area (Å²) in [6.07, 6.45) is 0.468. The van der Waals surface area contributed by atoms with E-state index in [2.05, 4.69) is 5.32 Å². The molecule has 0 aromatic heterocycles. The summed E-state index contributed by atoms with van der Waals surface area (Å²) < 4.78 is 10.8. The van der Waals surface area contributed by atoms with Crippen LogP contribution in [0.2, 0.25) is 0 Å². The van der Waals surface area contributed by atoms with E-state index in [0.717, 1.165) is 16.7 Å². The lowest BCUT2D eigenvalue weighted by Gasteiger charge is -2.23. The largest absolute Gasteiger partial charge is 0.504 e. The molecule has 0 aliphatic rings. The van der Waals surface area contributed by atoms with E-state index >= 15 is 0 Å². The van der Waals surface area contributed by atoms with Crippen molar-refractivity contribution in [2.45, 2.75) is 51.2 Å². The van der Waals surface area contributed by atoms with E-state index in [1.165, 1.54) is 13.2 Å². The van der Waals surface area contributed by atoms with E-state index in [9.17, 15) is 25.2 Å². The summed E-state index contributed by atoms with van der Waals surface area (Å²) in [5.41, 5.74) is 2.80. The molecule has 0 aliphatic carbocycles. The van der Waals surface area contributed by atoms with Crippen molar-refractivity contribution < 1.29 is 34.7 Å². The Labute approximate surface area is 229 Å². The highest BCUT2D eigenvalue weighted by atomic mass is 16.5. The average molecular weight is 538 g/mol. The second-order valence-electron chi connectivity index (χ2n) is 9.86. The highest BCUT2D eigenvalue weighted by molar-refractivity contribution is 5.79. The molecule has 0 heterocycles. The first-order chi connectivity index (χ1) is 18.7. The van der Waals surface area contributed by atoms with E-state index in [1.54, 1.807) is 37.3 Å². The lowest BCUT2D eigenvalue weighted by atomic mass is 9.85. The van der Waals surface area contributed by atoms with Gasteiger partial charge in [0, 0.05) is 19.4 Å². The minimum absolute atomic E-state index is 0.00559. The molecule has 3 atom stereocenters. The number of phenols is 2. The van der Waals surface area contributed by atoms with E-state index in [0.29, 0.717) is 37.3 Å². The lowest BCUT2D eigenvalue weighted by molar-refractivity contribution is -0.121. The molecule has 3 unspecified atom stereocenters. The van der Waals surface area contributed by atoms with Crippen molar-refractivity contribution in [1.29, 1.82) is 0 Å². The van der Waals surface area contributed by atoms with Gasteiger partial charge in [-0.05, 0) is 73.1 Å². The Morgan fingerprint density at radius 3 is 2.21 bits per heavy atom. The zero-order chi connectivity index (χ0) is 28.2. The number of benzene rings is 3. The van der Waals surface area contributed by atoms with Crippen LogP contribution in [0.5, 0.6) is 23.0 Å². The first kappa shape index (κ1) is 30.0. The maximum Gasteiger partial charge on any atom is 0.163 e. The molecule has 8 heteroatoms. The van der Waals surface area contributed by atoms with Crippen molar-refractivity contribution in [3.63, 3.8) is 0 Å². The normalized spacial score (nSPS) is 13.4. The highest BCUT2D eigenvalue weighted by Crippen LogP contribution is 2.30. The SMILES string of the molecule is COc1cc(CC(Cc2ccccc2)C(O)CC(=O)CCc2ccc(O)c(OCNCC(C)O)c2)ccc1O. The number of aliphatic hydroxyl groups is 2. The Balaban J connectivity index is 1.61. The molecule has 210 valence electrons. The molecule has 8 nitrogen and oxygen atoms in total. The van der Waals surface area contributed by atoms with Crippen molar-refractivity contribution in [3.05, 3.63) is 83.4 Å². The molecule has 0 saturated heterocycles. The summed E-state index contributed by atoms with van der Waals surface area (Å²) >= 11 is 0. The van der Waals surface area contributed by atoms with Gasteiger partial charge in [-0.3, -0.25) is 10.1 Å². The standard InChI is InChI=1S/C31H39NO7/c1-21(33)19-32-20-39-31-16-23(9-12-28(31)36)8-11-26(34)18-29(37)25(14-22-6-4-3-5-7-22)15-24-10-13-27(35)30(17-24)38-2/h3-7,9-10,12-13,16-17,21,25,29,32-33,35-37H,8,11,14-15,18-20H2,1-2H3. The van der Waals surface area contributed by atoms with Gasteiger partial charge in [0.15, 0.2) is 23.0 Å². The smallest absolute Gasteiger partial charge is 0.163 e. The molecular weight excluding hydrogens is 498 g/mol. The van der Waals surface area contributed by atoms with Crippen LogP contribution in [-0.2, 0) is 24.1 Å². The van der Waals surface area contributed by atoms with Crippen molar-refractivity contribution >= 4 is 5.78 Å². The summed E-state index contributed by atoms with van der Waals surface area (Å²) in [5.74, 6) is 0.439. The zero-order valence-corrected chi connectivity index (χ0v) is 22.5. The molecule has 0 saturated carbocycles. The minimum atomic E-state index is -0.851. The van der Waals surface area contributed by atoms with Crippen LogP contribution >= 0.6 is 0 Å². The maximum atomic E-state index is 12.9. The predicted molar refractivity (Wildman–Crippen MR) is 149 cm³/mol. The molecular formula is C31H39NO7. The molecule has 5 N–H and O–H groups in total. The van der Waals surface area contributed by atoms with Crippen LogP contribution in [0.25, 0.3) is 0 Å². The van der Waals surface area contributed by atoms with Gasteiger partial charge in [0.1, 0.15) is 12.5 Å². The first-order valence-electron chi connectivity index (χ1n) is 13.2. The molecule has 0 spiro atoms. The van der Waals surface area contributed by atoms with Gasteiger partial charge in [-0.2, -0.15) is 0 Å². The van der Waals surface area contributed by atoms with E-state index in [1.807, 2.05) is 30.3 Å². The van der Waals surface area contributed by atoms with E-state index in [4.69, 9.17) is 9.47 Å². The number of rotatable bonds is 16. The van der Waals surface area contributed by atoms with E-state index in [-0.39, 0.29) is 42.8 Å². The molecule has 0 fully saturated rings. The van der Waals surface area contributed by atoms with Gasteiger partial charge in [-0.15, -0.1) is 0 Å². The monoisotopic (exact) mass is 537 g/mol. The number of carbonyl (C=O) groups excluding carboxylic acids is 1. The Morgan fingerprint density at radius 2 is 1.51 bits per heavy atom. The second-order valence-corrected chi connectivity index (χ2v) is 9.86. The van der Waals surface area contributed by atoms with E-state index < -0.39 is 12.2 Å². The molecule has 3 rings (SSSR count). The number of ketones is 1. The number of methoxy groups -OCH3 is 1. The van der Waals surface area contributed by atoms with Gasteiger partial charge >= 0.3 is 0 Å². The third-order valence-electron chi connectivity index (χ3n) is 6.55. The molecule has 0 amide bonds. The number of Topliss-reactive ketones (excluding diaryl/α,β-unsaturated/α-hetero) is 1. The van der Waals surface area contributed by atoms with Gasteiger partial charge in [0.25, 0.3) is 0 Å². The van der Waals surface area contributed by atoms with Gasteiger partial charge < -0.3 is 29.9 Å². The Bertz CT molecular complexity index is 1180. The van der Waals surface area contributed by atoms with Crippen LogP contribution < -0.4 is 14.8 Å². The molecule has 3 aromatic rings. The average Bonchev–Trinajstić information content (AvgIpc) is 2.92. The number of nitrogens with one attached hydrogen (secondary N) is 1. The zero-order valence-electron chi connectivity index (χ0n) is 22.5. The third-order valence-corrected chi connectivity index (χ3v) is 6.55. The van der Waals surface area contributed by atoms with Crippen molar-refractivity contribution in [3.8, 4) is 23.0 Å². The summed E-state index contributed by atoms with van der Waals surface area (Å²) in [7, 11) is 1.49.